The van der Waals surface area contributed by atoms with Gasteiger partial charge in [0, 0.05) is 25.4 Å². The molecule has 1 aromatic rings. The molecule has 1 amide bonds. The van der Waals surface area contributed by atoms with E-state index in [2.05, 4.69) is 31.0 Å². The number of carbonyl (C=O) groups excluding carboxylic acids is 1. The van der Waals surface area contributed by atoms with Gasteiger partial charge in [-0.05, 0) is 31.9 Å². The summed E-state index contributed by atoms with van der Waals surface area (Å²) < 4.78 is 0. The second-order valence-corrected chi connectivity index (χ2v) is 7.82. The first-order valence-corrected chi connectivity index (χ1v) is 9.84. The maximum absolute atomic E-state index is 12.3. The number of hydrogen-bond acceptors (Lipinski definition) is 3. The highest BCUT2D eigenvalue weighted by molar-refractivity contribution is 8.14. The van der Waals surface area contributed by atoms with Crippen LogP contribution in [0.2, 0.25) is 0 Å². The number of hydrogen-bond donors (Lipinski definition) is 0. The number of thioether (sulfide) groups is 1. The van der Waals surface area contributed by atoms with Crippen molar-refractivity contribution in [1.29, 1.82) is 0 Å². The summed E-state index contributed by atoms with van der Waals surface area (Å²) in [7, 11) is 2.07. The molecule has 3 rings (SSSR count). The summed E-state index contributed by atoms with van der Waals surface area (Å²) in [4.78, 5) is 21.4. The highest BCUT2D eigenvalue weighted by atomic mass is 32.2. The van der Waals surface area contributed by atoms with E-state index in [9.17, 15) is 4.79 Å². The lowest BCUT2D eigenvalue weighted by Gasteiger charge is -2.33. The van der Waals surface area contributed by atoms with Crippen LogP contribution in [0.1, 0.15) is 44.6 Å². The van der Waals surface area contributed by atoms with Crippen LogP contribution in [0.4, 0.5) is 5.69 Å². The molecule has 1 saturated carbocycles. The number of nitrogens with zero attached hydrogens (tertiary/aromatic N) is 3. The fourth-order valence-electron chi connectivity index (χ4n) is 3.50. The van der Waals surface area contributed by atoms with Gasteiger partial charge in [0.1, 0.15) is 6.17 Å². The van der Waals surface area contributed by atoms with E-state index in [-0.39, 0.29) is 12.1 Å². The molecule has 1 aliphatic heterocycles. The Morgan fingerprint density at radius 2 is 1.88 bits per heavy atom. The van der Waals surface area contributed by atoms with Crippen LogP contribution in [0.25, 0.3) is 0 Å². The summed E-state index contributed by atoms with van der Waals surface area (Å²) in [5.74, 6) is 0.949. The topological polar surface area (TPSA) is 35.9 Å². The van der Waals surface area contributed by atoms with Crippen molar-refractivity contribution in [1.82, 2.24) is 4.90 Å². The molecule has 1 atom stereocenters. The first-order valence-electron chi connectivity index (χ1n) is 8.86. The van der Waals surface area contributed by atoms with E-state index < -0.39 is 0 Å². The molecule has 1 unspecified atom stereocenters. The van der Waals surface area contributed by atoms with E-state index in [4.69, 9.17) is 4.99 Å². The zero-order valence-corrected chi connectivity index (χ0v) is 15.7. The smallest absolute Gasteiger partial charge is 0.225 e. The van der Waals surface area contributed by atoms with Crippen LogP contribution in [-0.2, 0) is 4.79 Å². The summed E-state index contributed by atoms with van der Waals surface area (Å²) in [6, 6.07) is 8.65. The lowest BCUT2D eigenvalue weighted by molar-refractivity contribution is -0.117. The molecule has 0 N–H and O–H groups in total. The number of amidine groups is 1. The molecule has 2 fully saturated rings. The van der Waals surface area contributed by atoms with Crippen molar-refractivity contribution in [3.8, 4) is 0 Å². The van der Waals surface area contributed by atoms with E-state index in [0.717, 1.165) is 16.6 Å². The Morgan fingerprint density at radius 1 is 1.21 bits per heavy atom. The predicted molar refractivity (Wildman–Crippen MR) is 103 cm³/mol. The molecule has 1 heterocycles. The van der Waals surface area contributed by atoms with Gasteiger partial charge in [-0.3, -0.25) is 14.7 Å². The minimum Gasteiger partial charge on any atom is -0.333 e. The van der Waals surface area contributed by atoms with Gasteiger partial charge in [0.25, 0.3) is 0 Å². The molecule has 24 heavy (non-hydrogen) atoms. The van der Waals surface area contributed by atoms with E-state index in [1.807, 2.05) is 17.0 Å². The number of aryl methyl sites for hydroxylation is 1. The molecular weight excluding hydrogens is 318 g/mol. The monoisotopic (exact) mass is 345 g/mol. The third-order valence-corrected chi connectivity index (χ3v) is 6.04. The third kappa shape index (κ3) is 3.77. The second-order valence-electron chi connectivity index (χ2n) is 6.83. The Hall–Kier alpha value is -1.49. The number of amides is 1. The molecule has 0 radical (unpaired) electrons. The Bertz CT molecular complexity index is 608. The van der Waals surface area contributed by atoms with Crippen molar-refractivity contribution >= 4 is 28.5 Å². The van der Waals surface area contributed by atoms with Crippen molar-refractivity contribution in [2.45, 2.75) is 58.2 Å². The van der Waals surface area contributed by atoms with Crippen molar-refractivity contribution in [2.75, 3.05) is 17.7 Å². The molecule has 4 nitrogen and oxygen atoms in total. The van der Waals surface area contributed by atoms with Crippen molar-refractivity contribution in [3.05, 3.63) is 29.8 Å². The van der Waals surface area contributed by atoms with Crippen LogP contribution in [0.3, 0.4) is 0 Å². The Kier molecular flexibility index (Phi) is 5.49. The number of anilines is 1. The molecule has 0 aromatic heterocycles. The van der Waals surface area contributed by atoms with Crippen LogP contribution in [0.15, 0.2) is 29.3 Å². The van der Waals surface area contributed by atoms with Gasteiger partial charge >= 0.3 is 0 Å². The summed E-state index contributed by atoms with van der Waals surface area (Å²) in [6.07, 6.45) is 6.38. The van der Waals surface area contributed by atoms with Gasteiger partial charge in [0.2, 0.25) is 5.91 Å². The van der Waals surface area contributed by atoms with Crippen molar-refractivity contribution < 1.29 is 4.79 Å². The van der Waals surface area contributed by atoms with Gasteiger partial charge in [-0.1, -0.05) is 48.7 Å². The fraction of sp³-hybridized carbons (Fsp3) is 0.579. The Morgan fingerprint density at radius 3 is 2.50 bits per heavy atom. The average molecular weight is 346 g/mol. The van der Waals surface area contributed by atoms with Crippen LogP contribution in [0, 0.1) is 6.92 Å². The van der Waals surface area contributed by atoms with Gasteiger partial charge in [-0.2, -0.15) is 0 Å². The van der Waals surface area contributed by atoms with Crippen LogP contribution in [0.5, 0.6) is 0 Å². The molecule has 0 spiro atoms. The maximum atomic E-state index is 12.3. The zero-order chi connectivity index (χ0) is 17.1. The normalized spacial score (nSPS) is 23.7. The average Bonchev–Trinajstić information content (AvgIpc) is 2.91. The van der Waals surface area contributed by atoms with Crippen molar-refractivity contribution in [2.24, 2.45) is 4.99 Å². The summed E-state index contributed by atoms with van der Waals surface area (Å²) >= 11 is 1.78. The number of benzene rings is 1. The van der Waals surface area contributed by atoms with Gasteiger partial charge in [-0.15, -0.1) is 0 Å². The van der Waals surface area contributed by atoms with E-state index >= 15 is 0 Å². The maximum Gasteiger partial charge on any atom is 0.225 e. The Labute approximate surface area is 149 Å². The van der Waals surface area contributed by atoms with Gasteiger partial charge in [-0.25, -0.2) is 0 Å². The molecule has 130 valence electrons. The van der Waals surface area contributed by atoms with Gasteiger partial charge in [0.15, 0.2) is 5.17 Å². The number of carbonyl (C=O) groups is 1. The predicted octanol–water partition coefficient (Wildman–Crippen LogP) is 4.04. The third-order valence-electron chi connectivity index (χ3n) is 4.93. The van der Waals surface area contributed by atoms with Crippen LogP contribution in [-0.4, -0.2) is 41.0 Å². The fourth-order valence-corrected chi connectivity index (χ4v) is 4.72. The standard InChI is InChI=1S/C19H27N3OS/c1-14-9-11-17(12-10-14)22(15(2)23)18-13-24-19(21(18)3)20-16-7-5-4-6-8-16/h9-12,16,18H,4-8,13H2,1-3H3. The summed E-state index contributed by atoms with van der Waals surface area (Å²) in [5.41, 5.74) is 2.17. The van der Waals surface area contributed by atoms with Crippen molar-refractivity contribution in [3.63, 3.8) is 0 Å². The van der Waals surface area contributed by atoms with Crippen LogP contribution < -0.4 is 4.90 Å². The Balaban J connectivity index is 1.78. The zero-order valence-electron chi connectivity index (χ0n) is 14.9. The molecule has 1 aliphatic carbocycles. The highest BCUT2D eigenvalue weighted by Gasteiger charge is 2.34. The quantitative estimate of drug-likeness (QED) is 0.829. The van der Waals surface area contributed by atoms with Gasteiger partial charge < -0.3 is 4.90 Å². The first kappa shape index (κ1) is 17.3. The van der Waals surface area contributed by atoms with E-state index in [1.54, 1.807) is 18.7 Å². The first-order chi connectivity index (χ1) is 11.6. The molecule has 2 aliphatic rings. The molecule has 1 aromatic carbocycles. The largest absolute Gasteiger partial charge is 0.333 e. The van der Waals surface area contributed by atoms with E-state index in [1.165, 1.54) is 37.7 Å². The minimum atomic E-state index is 0.0394. The molecule has 5 heteroatoms. The molecular formula is C19H27N3OS. The minimum absolute atomic E-state index is 0.0394. The second kappa shape index (κ2) is 7.60. The number of aliphatic imine (C=N–C) groups is 1. The summed E-state index contributed by atoms with van der Waals surface area (Å²) in [5, 5.41) is 1.09. The number of rotatable bonds is 3. The molecule has 1 saturated heterocycles. The molecule has 0 bridgehead atoms. The van der Waals surface area contributed by atoms with Gasteiger partial charge in [0.05, 0.1) is 6.04 Å². The lowest BCUT2D eigenvalue weighted by atomic mass is 9.96. The summed E-state index contributed by atoms with van der Waals surface area (Å²) in [6.45, 7) is 3.71. The van der Waals surface area contributed by atoms with Crippen LogP contribution >= 0.6 is 11.8 Å². The lowest BCUT2D eigenvalue weighted by Crippen LogP contribution is -2.48. The SMILES string of the molecule is CC(=O)N(c1ccc(C)cc1)C1CSC(=NC2CCCCC2)N1C. The highest BCUT2D eigenvalue weighted by Crippen LogP contribution is 2.31. The van der Waals surface area contributed by atoms with E-state index in [0.29, 0.717) is 6.04 Å².